The summed E-state index contributed by atoms with van der Waals surface area (Å²) in [6.45, 7) is 7.72. The second-order valence-corrected chi connectivity index (χ2v) is 7.40. The van der Waals surface area contributed by atoms with Crippen molar-refractivity contribution in [2.24, 2.45) is 0 Å². The lowest BCUT2D eigenvalue weighted by molar-refractivity contribution is -0.906. The summed E-state index contributed by atoms with van der Waals surface area (Å²) in [5.41, 5.74) is 3.20. The van der Waals surface area contributed by atoms with Gasteiger partial charge in [-0.1, -0.05) is 18.2 Å². The number of pyridine rings is 1. The summed E-state index contributed by atoms with van der Waals surface area (Å²) < 4.78 is 10.9. The lowest BCUT2D eigenvalue weighted by Crippen LogP contribution is -3.14. The summed E-state index contributed by atoms with van der Waals surface area (Å²) >= 11 is 0. The predicted molar refractivity (Wildman–Crippen MR) is 117 cm³/mol. The lowest BCUT2D eigenvalue weighted by Gasteiger charge is -2.23. The maximum atomic E-state index is 13.0. The van der Waals surface area contributed by atoms with Crippen LogP contribution in [0.25, 0.3) is 22.2 Å². The van der Waals surface area contributed by atoms with E-state index in [4.69, 9.17) is 14.5 Å². The zero-order valence-corrected chi connectivity index (χ0v) is 17.3. The number of morpholine rings is 1. The summed E-state index contributed by atoms with van der Waals surface area (Å²) in [5, 5.41) is 3.96. The van der Waals surface area contributed by atoms with E-state index in [0.717, 1.165) is 60.8 Å². The van der Waals surface area contributed by atoms with Gasteiger partial charge in [0.25, 0.3) is 5.91 Å². The molecule has 1 aliphatic rings. The molecule has 156 valence electrons. The summed E-state index contributed by atoms with van der Waals surface area (Å²) in [6.07, 6.45) is 0. The van der Waals surface area contributed by atoms with E-state index in [1.165, 1.54) is 4.90 Å². The fraction of sp³-hybridized carbons (Fsp3) is 0.333. The molecule has 1 aliphatic heterocycles. The van der Waals surface area contributed by atoms with Crippen LogP contribution in [0.1, 0.15) is 17.3 Å². The maximum absolute atomic E-state index is 13.0. The van der Waals surface area contributed by atoms with E-state index < -0.39 is 0 Å². The van der Waals surface area contributed by atoms with Crippen LogP contribution >= 0.6 is 0 Å². The zero-order chi connectivity index (χ0) is 20.8. The number of quaternary nitrogens is 1. The van der Waals surface area contributed by atoms with Crippen molar-refractivity contribution in [1.29, 1.82) is 0 Å². The van der Waals surface area contributed by atoms with Crippen molar-refractivity contribution in [3.63, 3.8) is 0 Å². The second kappa shape index (κ2) is 9.69. The molecule has 0 atom stereocenters. The van der Waals surface area contributed by atoms with E-state index in [1.54, 1.807) is 0 Å². The number of carbonyl (C=O) groups excluding carboxylic acids is 1. The van der Waals surface area contributed by atoms with Gasteiger partial charge in [-0.2, -0.15) is 0 Å². The highest BCUT2D eigenvalue weighted by Gasteiger charge is 2.16. The highest BCUT2D eigenvalue weighted by Crippen LogP contribution is 2.26. The Morgan fingerprint density at radius 3 is 2.67 bits per heavy atom. The van der Waals surface area contributed by atoms with Gasteiger partial charge in [0.1, 0.15) is 18.8 Å². The van der Waals surface area contributed by atoms with Crippen molar-refractivity contribution < 1.29 is 19.2 Å². The number of hydrogen-bond acceptors (Lipinski definition) is 4. The largest absolute Gasteiger partial charge is 0.494 e. The van der Waals surface area contributed by atoms with E-state index in [2.05, 4.69) is 5.32 Å². The maximum Gasteiger partial charge on any atom is 0.252 e. The Kier molecular flexibility index (Phi) is 6.57. The molecule has 2 heterocycles. The van der Waals surface area contributed by atoms with Crippen molar-refractivity contribution in [2.75, 3.05) is 46.0 Å². The van der Waals surface area contributed by atoms with Crippen molar-refractivity contribution in [2.45, 2.75) is 6.92 Å². The van der Waals surface area contributed by atoms with Crippen LogP contribution < -0.4 is 15.0 Å². The molecule has 0 spiro atoms. The van der Waals surface area contributed by atoms with Gasteiger partial charge in [0, 0.05) is 10.9 Å². The van der Waals surface area contributed by atoms with Crippen LogP contribution in [-0.2, 0) is 4.74 Å². The minimum atomic E-state index is -0.0616. The number of carbonyl (C=O) groups is 1. The van der Waals surface area contributed by atoms with Crippen LogP contribution in [0.2, 0.25) is 0 Å². The molecule has 0 aliphatic carbocycles. The molecule has 0 radical (unpaired) electrons. The average molecular weight is 407 g/mol. The fourth-order valence-electron chi connectivity index (χ4n) is 3.76. The SMILES string of the molecule is CCOc1ccc(-c2cc(C(=O)NCC[NH+]3CCOCC3)c3ccccc3n2)cc1. The minimum absolute atomic E-state index is 0.0616. The monoisotopic (exact) mass is 406 g/mol. The summed E-state index contributed by atoms with van der Waals surface area (Å²) in [4.78, 5) is 19.3. The van der Waals surface area contributed by atoms with Crippen LogP contribution in [-0.4, -0.2) is 56.9 Å². The Balaban J connectivity index is 1.55. The molecule has 1 saturated heterocycles. The van der Waals surface area contributed by atoms with Gasteiger partial charge in [-0.25, -0.2) is 4.98 Å². The van der Waals surface area contributed by atoms with Gasteiger partial charge in [-0.05, 0) is 43.3 Å². The average Bonchev–Trinajstić information content (AvgIpc) is 2.80. The van der Waals surface area contributed by atoms with Crippen molar-refractivity contribution >= 4 is 16.8 Å². The number of fused-ring (bicyclic) bond motifs is 1. The molecule has 1 amide bonds. The molecule has 4 rings (SSSR count). The number of aromatic nitrogens is 1. The first kappa shape index (κ1) is 20.3. The molecule has 3 aromatic rings. The number of benzene rings is 2. The van der Waals surface area contributed by atoms with Crippen LogP contribution in [0, 0.1) is 0 Å². The third-order valence-electron chi connectivity index (χ3n) is 5.39. The number of nitrogens with one attached hydrogen (secondary N) is 2. The Morgan fingerprint density at radius 2 is 1.90 bits per heavy atom. The predicted octanol–water partition coefficient (Wildman–Crippen LogP) is 1.95. The molecule has 2 N–H and O–H groups in total. The minimum Gasteiger partial charge on any atom is -0.494 e. The number of rotatable bonds is 7. The van der Waals surface area contributed by atoms with Gasteiger partial charge in [0.15, 0.2) is 0 Å². The van der Waals surface area contributed by atoms with Crippen LogP contribution in [0.4, 0.5) is 0 Å². The van der Waals surface area contributed by atoms with E-state index in [1.807, 2.05) is 61.5 Å². The fourth-order valence-corrected chi connectivity index (χ4v) is 3.76. The molecule has 30 heavy (non-hydrogen) atoms. The number of hydrogen-bond donors (Lipinski definition) is 2. The van der Waals surface area contributed by atoms with Gasteiger partial charge in [-0.3, -0.25) is 4.79 Å². The zero-order valence-electron chi connectivity index (χ0n) is 17.3. The third kappa shape index (κ3) is 4.78. The van der Waals surface area contributed by atoms with Gasteiger partial charge in [0.05, 0.1) is 49.7 Å². The van der Waals surface area contributed by atoms with Crippen LogP contribution in [0.3, 0.4) is 0 Å². The lowest BCUT2D eigenvalue weighted by atomic mass is 10.0. The number of ether oxygens (including phenoxy) is 2. The van der Waals surface area contributed by atoms with Crippen LogP contribution in [0.15, 0.2) is 54.6 Å². The first-order chi connectivity index (χ1) is 14.7. The van der Waals surface area contributed by atoms with E-state index in [0.29, 0.717) is 18.7 Å². The molecule has 0 saturated carbocycles. The van der Waals surface area contributed by atoms with Crippen molar-refractivity contribution in [3.05, 3.63) is 60.2 Å². The first-order valence-corrected chi connectivity index (χ1v) is 10.6. The quantitative estimate of drug-likeness (QED) is 0.630. The summed E-state index contributed by atoms with van der Waals surface area (Å²) in [7, 11) is 0. The third-order valence-corrected chi connectivity index (χ3v) is 5.39. The van der Waals surface area contributed by atoms with E-state index in [-0.39, 0.29) is 5.91 Å². The highest BCUT2D eigenvalue weighted by molar-refractivity contribution is 6.07. The Morgan fingerprint density at radius 1 is 1.13 bits per heavy atom. The molecule has 1 fully saturated rings. The molecule has 1 aromatic heterocycles. The molecule has 2 aromatic carbocycles. The Hall–Kier alpha value is -2.96. The van der Waals surface area contributed by atoms with E-state index in [9.17, 15) is 4.79 Å². The number of para-hydroxylation sites is 1. The summed E-state index contributed by atoms with van der Waals surface area (Å²) in [6, 6.07) is 17.5. The molecule has 6 nitrogen and oxygen atoms in total. The molecule has 6 heteroatoms. The molecule has 0 unspecified atom stereocenters. The van der Waals surface area contributed by atoms with Gasteiger partial charge >= 0.3 is 0 Å². The van der Waals surface area contributed by atoms with Gasteiger partial charge in [0.2, 0.25) is 0 Å². The molecular formula is C24H28N3O3+. The first-order valence-electron chi connectivity index (χ1n) is 10.6. The molecule has 0 bridgehead atoms. The molecular weight excluding hydrogens is 378 g/mol. The Labute approximate surface area is 176 Å². The Bertz CT molecular complexity index is 998. The topological polar surface area (TPSA) is 64.9 Å². The standard InChI is InChI=1S/C24H27N3O3/c1-2-30-19-9-7-18(8-10-19)23-17-21(20-5-3-4-6-22(20)26-23)24(28)25-11-12-27-13-15-29-16-14-27/h3-10,17H,2,11-16H2,1H3,(H,25,28)/p+1. The highest BCUT2D eigenvalue weighted by atomic mass is 16.5. The van der Waals surface area contributed by atoms with Crippen molar-refractivity contribution in [3.8, 4) is 17.0 Å². The van der Waals surface area contributed by atoms with Gasteiger partial charge in [-0.15, -0.1) is 0 Å². The number of nitrogens with zero attached hydrogens (tertiary/aromatic N) is 1. The van der Waals surface area contributed by atoms with Crippen LogP contribution in [0.5, 0.6) is 5.75 Å². The normalized spacial score (nSPS) is 14.6. The smallest absolute Gasteiger partial charge is 0.252 e. The second-order valence-electron chi connectivity index (χ2n) is 7.40. The number of amides is 1. The summed E-state index contributed by atoms with van der Waals surface area (Å²) in [5.74, 6) is 0.763. The van der Waals surface area contributed by atoms with E-state index >= 15 is 0 Å². The van der Waals surface area contributed by atoms with Crippen molar-refractivity contribution in [1.82, 2.24) is 10.3 Å². The van der Waals surface area contributed by atoms with Gasteiger partial charge < -0.3 is 19.7 Å².